The van der Waals surface area contributed by atoms with Gasteiger partial charge in [-0.2, -0.15) is 0 Å². The zero-order valence-electron chi connectivity index (χ0n) is 7.68. The summed E-state index contributed by atoms with van der Waals surface area (Å²) in [5, 5.41) is 0.600. The van der Waals surface area contributed by atoms with Gasteiger partial charge in [-0.3, -0.25) is 0 Å². The van der Waals surface area contributed by atoms with Crippen LogP contribution in [0.5, 0.6) is 0 Å². The van der Waals surface area contributed by atoms with Crippen LogP contribution < -0.4 is 0 Å². The first kappa shape index (κ1) is 10.7. The Balaban J connectivity index is 2.63. The highest BCUT2D eigenvalue weighted by Gasteiger charge is 2.08. The molecule has 76 valence electrons. The quantitative estimate of drug-likeness (QED) is 0.698. The Morgan fingerprint density at radius 1 is 1.07 bits per heavy atom. The molecule has 2 aromatic rings. The highest BCUT2D eigenvalue weighted by molar-refractivity contribution is 9.10. The molecular formula is C12H7BrClF. The molecule has 0 atom stereocenters. The first-order valence-corrected chi connectivity index (χ1v) is 5.55. The van der Waals surface area contributed by atoms with Crippen LogP contribution in [0.2, 0.25) is 5.02 Å². The van der Waals surface area contributed by atoms with Crippen molar-refractivity contribution >= 4 is 27.5 Å². The predicted octanol–water partition coefficient (Wildman–Crippen LogP) is 4.91. The average molecular weight is 286 g/mol. The van der Waals surface area contributed by atoms with Gasteiger partial charge in [0.1, 0.15) is 5.82 Å². The Morgan fingerprint density at radius 3 is 2.47 bits per heavy atom. The van der Waals surface area contributed by atoms with Gasteiger partial charge < -0.3 is 0 Å². The second kappa shape index (κ2) is 4.33. The third-order valence-electron chi connectivity index (χ3n) is 2.08. The lowest BCUT2D eigenvalue weighted by Gasteiger charge is -2.06. The summed E-state index contributed by atoms with van der Waals surface area (Å²) in [6.45, 7) is 0. The molecule has 2 rings (SSSR count). The second-order valence-corrected chi connectivity index (χ2v) is 4.40. The minimum atomic E-state index is -0.258. The van der Waals surface area contributed by atoms with Gasteiger partial charge in [-0.15, -0.1) is 0 Å². The van der Waals surface area contributed by atoms with Crippen LogP contribution in [0.1, 0.15) is 0 Å². The van der Waals surface area contributed by atoms with Gasteiger partial charge >= 0.3 is 0 Å². The Morgan fingerprint density at radius 2 is 1.80 bits per heavy atom. The van der Waals surface area contributed by atoms with E-state index in [-0.39, 0.29) is 5.82 Å². The molecule has 0 aromatic heterocycles. The molecule has 0 nitrogen and oxygen atoms in total. The van der Waals surface area contributed by atoms with Crippen LogP contribution in [0, 0.1) is 5.82 Å². The molecule has 0 radical (unpaired) electrons. The van der Waals surface area contributed by atoms with Crippen LogP contribution in [0.4, 0.5) is 4.39 Å². The maximum Gasteiger partial charge on any atom is 0.132 e. The summed E-state index contributed by atoms with van der Waals surface area (Å²) in [5.41, 5.74) is 1.31. The molecule has 0 spiro atoms. The fraction of sp³-hybridized carbons (Fsp3) is 0. The zero-order chi connectivity index (χ0) is 10.8. The lowest BCUT2D eigenvalue weighted by molar-refractivity contribution is 0.630. The van der Waals surface area contributed by atoms with Gasteiger partial charge in [0.05, 0.1) is 0 Å². The van der Waals surface area contributed by atoms with Crippen molar-refractivity contribution in [1.82, 2.24) is 0 Å². The number of hydrogen-bond donors (Lipinski definition) is 0. The minimum Gasteiger partial charge on any atom is -0.206 e. The summed E-state index contributed by atoms with van der Waals surface area (Å²) in [6, 6.07) is 12.0. The zero-order valence-corrected chi connectivity index (χ0v) is 10.0. The first-order valence-electron chi connectivity index (χ1n) is 4.38. The van der Waals surface area contributed by atoms with E-state index in [9.17, 15) is 4.39 Å². The number of hydrogen-bond acceptors (Lipinski definition) is 0. The van der Waals surface area contributed by atoms with Gasteiger partial charge in [0.25, 0.3) is 0 Å². The van der Waals surface area contributed by atoms with Gasteiger partial charge in [-0.05, 0) is 29.8 Å². The van der Waals surface area contributed by atoms with Crippen LogP contribution in [-0.2, 0) is 0 Å². The fourth-order valence-electron chi connectivity index (χ4n) is 1.42. The molecule has 2 aromatic carbocycles. The predicted molar refractivity (Wildman–Crippen MR) is 64.5 cm³/mol. The summed E-state index contributed by atoms with van der Waals surface area (Å²) in [7, 11) is 0. The monoisotopic (exact) mass is 284 g/mol. The first-order chi connectivity index (χ1) is 7.18. The summed E-state index contributed by atoms with van der Waals surface area (Å²) in [6.07, 6.45) is 0. The van der Waals surface area contributed by atoms with Crippen molar-refractivity contribution in [3.8, 4) is 11.1 Å². The number of benzene rings is 2. The van der Waals surface area contributed by atoms with Crippen molar-refractivity contribution in [2.75, 3.05) is 0 Å². The van der Waals surface area contributed by atoms with E-state index < -0.39 is 0 Å². The highest BCUT2D eigenvalue weighted by atomic mass is 79.9. The van der Waals surface area contributed by atoms with Crippen molar-refractivity contribution < 1.29 is 4.39 Å². The van der Waals surface area contributed by atoms with Crippen molar-refractivity contribution in [1.29, 1.82) is 0 Å². The Kier molecular flexibility index (Phi) is 3.08. The topological polar surface area (TPSA) is 0 Å². The van der Waals surface area contributed by atoms with Crippen molar-refractivity contribution in [2.24, 2.45) is 0 Å². The number of halogens is 3. The molecule has 0 N–H and O–H groups in total. The van der Waals surface area contributed by atoms with Crippen molar-refractivity contribution in [2.45, 2.75) is 0 Å². The lowest BCUT2D eigenvalue weighted by Crippen LogP contribution is -1.85. The van der Waals surface area contributed by atoms with E-state index in [4.69, 9.17) is 11.6 Å². The standard InChI is InChI=1S/C12H7BrClF/c13-10-5-2-6-11(15)12(10)8-3-1-4-9(14)7-8/h1-7H. The Hall–Kier alpha value is -0.860. The highest BCUT2D eigenvalue weighted by Crippen LogP contribution is 2.31. The van der Waals surface area contributed by atoms with Gasteiger partial charge in [0, 0.05) is 15.1 Å². The summed E-state index contributed by atoms with van der Waals surface area (Å²) >= 11 is 9.19. The van der Waals surface area contributed by atoms with Crippen molar-refractivity contribution in [3.63, 3.8) is 0 Å². The van der Waals surface area contributed by atoms with Gasteiger partial charge in [-0.25, -0.2) is 4.39 Å². The van der Waals surface area contributed by atoms with Crippen LogP contribution in [0.15, 0.2) is 46.9 Å². The molecule has 0 aliphatic rings. The van der Waals surface area contributed by atoms with Crippen LogP contribution in [0.3, 0.4) is 0 Å². The van der Waals surface area contributed by atoms with Gasteiger partial charge in [-0.1, -0.05) is 45.7 Å². The molecule has 15 heavy (non-hydrogen) atoms. The molecule has 0 heterocycles. The summed E-state index contributed by atoms with van der Waals surface area (Å²) in [5.74, 6) is -0.258. The maximum atomic E-state index is 13.6. The SMILES string of the molecule is Fc1cccc(Br)c1-c1cccc(Cl)c1. The van der Waals surface area contributed by atoms with Crippen LogP contribution in [0.25, 0.3) is 11.1 Å². The number of rotatable bonds is 1. The molecule has 0 aliphatic carbocycles. The minimum absolute atomic E-state index is 0.258. The molecular weight excluding hydrogens is 278 g/mol. The largest absolute Gasteiger partial charge is 0.206 e. The van der Waals surface area contributed by atoms with E-state index in [0.29, 0.717) is 10.6 Å². The maximum absolute atomic E-state index is 13.6. The van der Waals surface area contributed by atoms with Gasteiger partial charge in [0.2, 0.25) is 0 Å². The fourth-order valence-corrected chi connectivity index (χ4v) is 2.18. The molecule has 0 fully saturated rings. The van der Waals surface area contributed by atoms with Crippen molar-refractivity contribution in [3.05, 3.63) is 57.8 Å². The Bertz CT molecular complexity index is 476. The molecule has 0 bridgehead atoms. The van der Waals surface area contributed by atoms with E-state index in [1.165, 1.54) is 6.07 Å². The molecule has 0 saturated carbocycles. The van der Waals surface area contributed by atoms with E-state index in [2.05, 4.69) is 15.9 Å². The van der Waals surface area contributed by atoms with Gasteiger partial charge in [0.15, 0.2) is 0 Å². The summed E-state index contributed by atoms with van der Waals surface area (Å²) < 4.78 is 14.3. The Labute approximate surface area is 101 Å². The molecule has 3 heteroatoms. The molecule has 0 saturated heterocycles. The van der Waals surface area contributed by atoms with E-state index in [1.807, 2.05) is 6.07 Å². The van der Waals surface area contributed by atoms with E-state index >= 15 is 0 Å². The van der Waals surface area contributed by atoms with Crippen LogP contribution in [-0.4, -0.2) is 0 Å². The average Bonchev–Trinajstić information content (AvgIpc) is 2.17. The van der Waals surface area contributed by atoms with Crippen LogP contribution >= 0.6 is 27.5 Å². The normalized spacial score (nSPS) is 10.3. The second-order valence-electron chi connectivity index (χ2n) is 3.11. The lowest BCUT2D eigenvalue weighted by atomic mass is 10.1. The summed E-state index contributed by atoms with van der Waals surface area (Å²) in [4.78, 5) is 0. The third-order valence-corrected chi connectivity index (χ3v) is 2.97. The molecule has 0 unspecified atom stereocenters. The smallest absolute Gasteiger partial charge is 0.132 e. The molecule has 0 aliphatic heterocycles. The third kappa shape index (κ3) is 2.21. The molecule has 0 amide bonds. The van der Waals surface area contributed by atoms with E-state index in [0.717, 1.165) is 10.0 Å². The van der Waals surface area contributed by atoms with E-state index in [1.54, 1.807) is 30.3 Å².